The summed E-state index contributed by atoms with van der Waals surface area (Å²) in [4.78, 5) is 28.4. The normalized spacial score (nSPS) is 11.4. The van der Waals surface area contributed by atoms with E-state index < -0.39 is 0 Å². The average Bonchev–Trinajstić information content (AvgIpc) is 3.12. The summed E-state index contributed by atoms with van der Waals surface area (Å²) in [6.45, 7) is 12.3. The van der Waals surface area contributed by atoms with Crippen molar-refractivity contribution in [3.63, 3.8) is 0 Å². The quantitative estimate of drug-likeness (QED) is 0.374. The highest BCUT2D eigenvalue weighted by Gasteiger charge is 2.19. The van der Waals surface area contributed by atoms with E-state index in [1.165, 1.54) is 26.9 Å². The molecule has 2 heterocycles. The zero-order valence-corrected chi connectivity index (χ0v) is 20.9. The van der Waals surface area contributed by atoms with Crippen molar-refractivity contribution in [2.45, 2.75) is 60.5 Å². The van der Waals surface area contributed by atoms with Gasteiger partial charge in [0.1, 0.15) is 12.1 Å². The van der Waals surface area contributed by atoms with Crippen molar-refractivity contribution in [3.05, 3.63) is 75.2 Å². The van der Waals surface area contributed by atoms with Crippen LogP contribution in [0.3, 0.4) is 0 Å². The molecule has 0 saturated heterocycles. The van der Waals surface area contributed by atoms with Crippen molar-refractivity contribution in [1.29, 1.82) is 0 Å². The van der Waals surface area contributed by atoms with E-state index in [2.05, 4.69) is 49.5 Å². The Morgan fingerprint density at radius 2 is 1.74 bits per heavy atom. The molecule has 4 aromatic rings. The van der Waals surface area contributed by atoms with Gasteiger partial charge in [-0.25, -0.2) is 4.68 Å². The van der Waals surface area contributed by atoms with Gasteiger partial charge in [-0.2, -0.15) is 5.10 Å². The minimum Gasteiger partial charge on any atom is -0.341 e. The third-order valence-electron chi connectivity index (χ3n) is 6.73. The second kappa shape index (κ2) is 9.84. The molecule has 0 radical (unpaired) electrons. The lowest BCUT2D eigenvalue weighted by Gasteiger charge is -2.20. The first-order valence-electron chi connectivity index (χ1n) is 12.2. The number of para-hydroxylation sites is 1. The van der Waals surface area contributed by atoms with Crippen LogP contribution in [-0.2, 0) is 17.9 Å². The maximum Gasteiger partial charge on any atom is 0.291 e. The van der Waals surface area contributed by atoms with Gasteiger partial charge in [0.2, 0.25) is 5.91 Å². The molecule has 0 saturated carbocycles. The molecule has 0 N–H and O–H groups in total. The van der Waals surface area contributed by atoms with Gasteiger partial charge in [-0.05, 0) is 56.9 Å². The molecule has 6 heteroatoms. The first-order valence-corrected chi connectivity index (χ1v) is 12.2. The summed E-state index contributed by atoms with van der Waals surface area (Å²) in [5.74, 6) is -0.0715. The van der Waals surface area contributed by atoms with Crippen LogP contribution >= 0.6 is 0 Å². The summed E-state index contributed by atoms with van der Waals surface area (Å²) in [6.07, 6.45) is 3.70. The van der Waals surface area contributed by atoms with Crippen LogP contribution in [0, 0.1) is 20.8 Å². The van der Waals surface area contributed by atoms with E-state index in [1.807, 2.05) is 31.2 Å². The molecule has 0 bridgehead atoms. The molecule has 2 aromatic carbocycles. The van der Waals surface area contributed by atoms with Crippen LogP contribution in [0.25, 0.3) is 21.8 Å². The van der Waals surface area contributed by atoms with Crippen LogP contribution in [-0.4, -0.2) is 38.2 Å². The molecule has 2 aromatic heterocycles. The van der Waals surface area contributed by atoms with Gasteiger partial charge < -0.3 is 9.47 Å². The van der Waals surface area contributed by atoms with Crippen LogP contribution in [0.1, 0.15) is 48.9 Å². The molecule has 178 valence electrons. The zero-order valence-electron chi connectivity index (χ0n) is 20.9. The number of fused-ring (bicyclic) bond motifs is 3. The van der Waals surface area contributed by atoms with Crippen molar-refractivity contribution < 1.29 is 4.79 Å². The van der Waals surface area contributed by atoms with Gasteiger partial charge >= 0.3 is 0 Å². The van der Waals surface area contributed by atoms with E-state index in [0.29, 0.717) is 25.2 Å². The molecule has 4 rings (SSSR count). The number of benzene rings is 2. The molecule has 0 aliphatic heterocycles. The molecule has 0 aliphatic carbocycles. The largest absolute Gasteiger partial charge is 0.341 e. The highest BCUT2D eigenvalue weighted by atomic mass is 16.2. The Labute approximate surface area is 200 Å². The fourth-order valence-electron chi connectivity index (χ4n) is 4.92. The number of carbonyl (C=O) groups is 1. The molecule has 0 unspecified atom stereocenters. The average molecular weight is 459 g/mol. The molecule has 1 amide bonds. The minimum atomic E-state index is -0.226. The fourth-order valence-corrected chi connectivity index (χ4v) is 4.92. The Morgan fingerprint density at radius 1 is 1.03 bits per heavy atom. The van der Waals surface area contributed by atoms with Crippen LogP contribution in [0.4, 0.5) is 0 Å². The second-order valence-electron chi connectivity index (χ2n) is 9.18. The van der Waals surface area contributed by atoms with Crippen molar-refractivity contribution in [3.8, 4) is 0 Å². The first-order chi connectivity index (χ1) is 16.3. The number of likely N-dealkylation sites (N-methyl/N-ethyl adjacent to an activating group) is 1. The lowest BCUT2D eigenvalue weighted by molar-refractivity contribution is -0.132. The maximum atomic E-state index is 13.7. The van der Waals surface area contributed by atoms with Crippen LogP contribution < -0.4 is 5.56 Å². The molecule has 6 nitrogen and oxygen atoms in total. The Morgan fingerprint density at radius 3 is 2.41 bits per heavy atom. The van der Waals surface area contributed by atoms with Crippen LogP contribution in [0.2, 0.25) is 0 Å². The number of amides is 1. The number of hydrogen-bond donors (Lipinski definition) is 0. The number of aryl methyl sites for hydroxylation is 3. The number of carbonyl (C=O) groups excluding carboxylic acids is 1. The van der Waals surface area contributed by atoms with E-state index >= 15 is 0 Å². The smallest absolute Gasteiger partial charge is 0.291 e. The molecule has 0 atom stereocenters. The zero-order chi connectivity index (χ0) is 24.4. The first kappa shape index (κ1) is 23.7. The van der Waals surface area contributed by atoms with Gasteiger partial charge in [0.15, 0.2) is 0 Å². The van der Waals surface area contributed by atoms with E-state index in [0.717, 1.165) is 29.1 Å². The maximum absolute atomic E-state index is 13.7. The molecule has 0 fully saturated rings. The summed E-state index contributed by atoms with van der Waals surface area (Å²) >= 11 is 0. The highest BCUT2D eigenvalue weighted by Crippen LogP contribution is 2.28. The Bertz CT molecular complexity index is 1390. The molecule has 34 heavy (non-hydrogen) atoms. The van der Waals surface area contributed by atoms with E-state index in [-0.39, 0.29) is 18.0 Å². The van der Waals surface area contributed by atoms with Gasteiger partial charge in [-0.1, -0.05) is 49.2 Å². The van der Waals surface area contributed by atoms with Gasteiger partial charge in [-0.3, -0.25) is 9.59 Å². The van der Waals surface area contributed by atoms with Crippen molar-refractivity contribution in [1.82, 2.24) is 19.2 Å². The highest BCUT2D eigenvalue weighted by molar-refractivity contribution is 6.07. The van der Waals surface area contributed by atoms with Crippen molar-refractivity contribution in [2.24, 2.45) is 0 Å². The molecular weight excluding hydrogens is 424 g/mol. The molecule has 0 aliphatic rings. The minimum absolute atomic E-state index is 0.0452. The van der Waals surface area contributed by atoms with Crippen molar-refractivity contribution >= 4 is 27.7 Å². The summed E-state index contributed by atoms with van der Waals surface area (Å²) in [5, 5.41) is 6.23. The SMILES string of the molecule is CCCCN(CC)C(=O)Cn1ncc2c3ccccc3n(Cc3c(C)cc(C)cc3C)c2c1=O. The van der Waals surface area contributed by atoms with Gasteiger partial charge in [-0.15, -0.1) is 0 Å². The van der Waals surface area contributed by atoms with E-state index in [1.54, 1.807) is 11.1 Å². The molecular formula is C28H34N4O2. The lowest BCUT2D eigenvalue weighted by atomic mass is 10.00. The predicted molar refractivity (Wildman–Crippen MR) is 138 cm³/mol. The second-order valence-corrected chi connectivity index (χ2v) is 9.18. The van der Waals surface area contributed by atoms with Crippen molar-refractivity contribution in [2.75, 3.05) is 13.1 Å². The summed E-state index contributed by atoms with van der Waals surface area (Å²) < 4.78 is 3.42. The third-order valence-corrected chi connectivity index (χ3v) is 6.73. The van der Waals surface area contributed by atoms with E-state index in [9.17, 15) is 9.59 Å². The number of hydrogen-bond acceptors (Lipinski definition) is 3. The van der Waals surface area contributed by atoms with Gasteiger partial charge in [0.25, 0.3) is 5.56 Å². The van der Waals surface area contributed by atoms with Gasteiger partial charge in [0, 0.05) is 35.9 Å². The number of nitrogens with zero attached hydrogens (tertiary/aromatic N) is 4. The monoisotopic (exact) mass is 458 g/mol. The van der Waals surface area contributed by atoms with Gasteiger partial charge in [0.05, 0.1) is 6.20 Å². The lowest BCUT2D eigenvalue weighted by Crippen LogP contribution is -2.38. The summed E-state index contributed by atoms with van der Waals surface area (Å²) in [5.41, 5.74) is 6.23. The third kappa shape index (κ3) is 4.37. The Hall–Kier alpha value is -3.41. The topological polar surface area (TPSA) is 60.1 Å². The Balaban J connectivity index is 1.84. The number of rotatable bonds is 8. The Kier molecular flexibility index (Phi) is 6.87. The summed E-state index contributed by atoms with van der Waals surface area (Å²) in [7, 11) is 0. The van der Waals surface area contributed by atoms with Crippen LogP contribution in [0.15, 0.2) is 47.4 Å². The van der Waals surface area contributed by atoms with E-state index in [4.69, 9.17) is 0 Å². The number of unbranched alkanes of at least 4 members (excludes halogenated alkanes) is 1. The summed E-state index contributed by atoms with van der Waals surface area (Å²) in [6, 6.07) is 12.4. The standard InChI is InChI=1S/C28H34N4O2/c1-6-8-13-30(7-2)26(33)18-32-28(34)27-23(16-29-32)22-11-9-10-12-25(22)31(27)17-24-20(4)14-19(3)15-21(24)5/h9-12,14-16H,6-8,13,17-18H2,1-5H3. The fraction of sp³-hybridized carbons (Fsp3) is 0.393. The number of aromatic nitrogens is 3. The molecule has 0 spiro atoms. The van der Waals surface area contributed by atoms with Crippen LogP contribution in [0.5, 0.6) is 0 Å². The predicted octanol–water partition coefficient (Wildman–Crippen LogP) is 4.97.